The third-order valence-corrected chi connectivity index (χ3v) is 5.17. The van der Waals surface area contributed by atoms with Crippen LogP contribution in [0, 0.1) is 11.3 Å². The quantitative estimate of drug-likeness (QED) is 0.815. The summed E-state index contributed by atoms with van der Waals surface area (Å²) in [4.78, 5) is 17.0. The minimum Gasteiger partial charge on any atom is -0.495 e. The summed E-state index contributed by atoms with van der Waals surface area (Å²) >= 11 is 0. The number of methoxy groups -OCH3 is 2. The van der Waals surface area contributed by atoms with Gasteiger partial charge >= 0.3 is 0 Å². The molecule has 0 aliphatic carbocycles. The van der Waals surface area contributed by atoms with Gasteiger partial charge in [0, 0.05) is 33.3 Å². The van der Waals surface area contributed by atoms with Gasteiger partial charge in [0.15, 0.2) is 0 Å². The number of likely N-dealkylation sites (tertiary alicyclic amines) is 2. The number of hydrogen-bond acceptors (Lipinski definition) is 5. The number of ether oxygens (including phenoxy) is 2. The maximum Gasteiger partial charge on any atom is 0.240 e. The van der Waals surface area contributed by atoms with Crippen LogP contribution in [0.2, 0.25) is 0 Å². The average Bonchev–Trinajstić information content (AvgIpc) is 3.31. The van der Waals surface area contributed by atoms with Crippen LogP contribution in [0.5, 0.6) is 5.75 Å². The Morgan fingerprint density at radius 1 is 1.32 bits per heavy atom. The molecule has 0 radical (unpaired) electrons. The van der Waals surface area contributed by atoms with Crippen molar-refractivity contribution < 1.29 is 14.3 Å². The van der Waals surface area contributed by atoms with Gasteiger partial charge in [-0.15, -0.1) is 0 Å². The molecule has 2 atom stereocenters. The molecule has 0 unspecified atom stereocenters. The first-order valence-electron chi connectivity index (χ1n) is 8.79. The minimum atomic E-state index is -0.143. The van der Waals surface area contributed by atoms with Crippen LogP contribution in [0.25, 0.3) is 0 Å². The molecule has 3 rings (SSSR count). The Kier molecular flexibility index (Phi) is 5.57. The third-order valence-electron chi connectivity index (χ3n) is 5.17. The van der Waals surface area contributed by atoms with Gasteiger partial charge in [-0.2, -0.15) is 5.26 Å². The highest BCUT2D eigenvalue weighted by Crippen LogP contribution is 2.27. The fraction of sp³-hybridized carbons (Fsp3) is 0.579. The smallest absolute Gasteiger partial charge is 0.240 e. The normalized spacial score (nSPS) is 23.6. The molecule has 6 heteroatoms. The van der Waals surface area contributed by atoms with Crippen LogP contribution in [-0.2, 0) is 16.1 Å². The maximum atomic E-state index is 12.9. The summed E-state index contributed by atoms with van der Waals surface area (Å²) in [5, 5.41) is 9.27. The molecule has 0 aromatic heterocycles. The van der Waals surface area contributed by atoms with Crippen molar-refractivity contribution in [2.75, 3.05) is 33.9 Å². The van der Waals surface area contributed by atoms with Crippen LogP contribution < -0.4 is 4.74 Å². The van der Waals surface area contributed by atoms with E-state index in [0.29, 0.717) is 17.9 Å². The van der Waals surface area contributed by atoms with Crippen molar-refractivity contribution in [2.24, 2.45) is 0 Å². The van der Waals surface area contributed by atoms with E-state index in [-0.39, 0.29) is 18.1 Å². The molecule has 0 N–H and O–H groups in total. The van der Waals surface area contributed by atoms with Gasteiger partial charge in [0.2, 0.25) is 5.91 Å². The summed E-state index contributed by atoms with van der Waals surface area (Å²) in [7, 11) is 3.26. The number of rotatable bonds is 5. The molecular formula is C19H25N3O3. The second-order valence-electron chi connectivity index (χ2n) is 6.72. The summed E-state index contributed by atoms with van der Waals surface area (Å²) in [6, 6.07) is 7.64. The molecule has 2 aliphatic rings. The zero-order chi connectivity index (χ0) is 17.8. The van der Waals surface area contributed by atoms with Gasteiger partial charge in [0.05, 0.1) is 24.8 Å². The molecule has 0 bridgehead atoms. The van der Waals surface area contributed by atoms with Crippen LogP contribution >= 0.6 is 0 Å². The van der Waals surface area contributed by atoms with Gasteiger partial charge in [0.25, 0.3) is 0 Å². The van der Waals surface area contributed by atoms with Crippen molar-refractivity contribution in [3.05, 3.63) is 29.3 Å². The van der Waals surface area contributed by atoms with Gasteiger partial charge < -0.3 is 14.4 Å². The lowest BCUT2D eigenvalue weighted by atomic mass is 10.1. The lowest BCUT2D eigenvalue weighted by molar-refractivity contribution is -0.135. The van der Waals surface area contributed by atoms with E-state index >= 15 is 0 Å². The van der Waals surface area contributed by atoms with E-state index in [2.05, 4.69) is 11.0 Å². The third kappa shape index (κ3) is 3.78. The Bertz CT molecular complexity index is 664. The van der Waals surface area contributed by atoms with E-state index in [9.17, 15) is 10.1 Å². The van der Waals surface area contributed by atoms with Crippen molar-refractivity contribution in [1.29, 1.82) is 5.26 Å². The standard InChI is InChI=1S/C19H25N3O3/c1-24-16-10-17(19(23)21-7-3-4-8-21)22(13-16)12-14-5-6-18(25-2)15(9-14)11-20/h5-6,9,16-17H,3-4,7-8,10,12-13H2,1-2H3/t16-,17-/m0/s1. The number of carbonyl (C=O) groups is 1. The fourth-order valence-electron chi connectivity index (χ4n) is 3.79. The summed E-state index contributed by atoms with van der Waals surface area (Å²) in [6.45, 7) is 3.08. The number of carbonyl (C=O) groups excluding carboxylic acids is 1. The Hall–Kier alpha value is -2.10. The molecule has 2 aliphatic heterocycles. The first-order valence-corrected chi connectivity index (χ1v) is 8.79. The Morgan fingerprint density at radius 3 is 2.72 bits per heavy atom. The second-order valence-corrected chi connectivity index (χ2v) is 6.72. The zero-order valence-electron chi connectivity index (χ0n) is 14.9. The number of nitrogens with zero attached hydrogens (tertiary/aromatic N) is 3. The molecule has 2 heterocycles. The predicted molar refractivity (Wildman–Crippen MR) is 93.1 cm³/mol. The van der Waals surface area contributed by atoms with Gasteiger partial charge in [-0.1, -0.05) is 6.07 Å². The van der Waals surface area contributed by atoms with Gasteiger partial charge in [-0.25, -0.2) is 0 Å². The first kappa shape index (κ1) is 17.7. The lowest BCUT2D eigenvalue weighted by Crippen LogP contribution is -2.44. The van der Waals surface area contributed by atoms with Crippen LogP contribution in [0.4, 0.5) is 0 Å². The highest BCUT2D eigenvalue weighted by Gasteiger charge is 2.39. The van der Waals surface area contributed by atoms with Crippen molar-refractivity contribution in [3.63, 3.8) is 0 Å². The molecule has 6 nitrogen and oxygen atoms in total. The Morgan fingerprint density at radius 2 is 2.08 bits per heavy atom. The lowest BCUT2D eigenvalue weighted by Gasteiger charge is -2.27. The van der Waals surface area contributed by atoms with E-state index in [1.165, 1.54) is 0 Å². The molecule has 1 aromatic carbocycles. The van der Waals surface area contributed by atoms with Gasteiger partial charge in [0.1, 0.15) is 11.8 Å². The van der Waals surface area contributed by atoms with Gasteiger partial charge in [-0.05, 0) is 37.0 Å². The molecule has 1 amide bonds. The predicted octanol–water partition coefficient (Wildman–Crippen LogP) is 1.78. The number of amides is 1. The Balaban J connectivity index is 1.76. The van der Waals surface area contributed by atoms with Crippen molar-refractivity contribution in [2.45, 2.75) is 38.0 Å². The second kappa shape index (κ2) is 7.85. The number of nitriles is 1. The minimum absolute atomic E-state index is 0.0743. The SMILES string of the molecule is COc1ccc(CN2C[C@@H](OC)C[C@H]2C(=O)N2CCCC2)cc1C#N. The molecule has 0 spiro atoms. The molecule has 1 aromatic rings. The van der Waals surface area contributed by atoms with Gasteiger partial charge in [-0.3, -0.25) is 9.69 Å². The highest BCUT2D eigenvalue weighted by atomic mass is 16.5. The summed E-state index contributed by atoms with van der Waals surface area (Å²) < 4.78 is 10.7. The number of benzene rings is 1. The average molecular weight is 343 g/mol. The van der Waals surface area contributed by atoms with E-state index in [1.807, 2.05) is 23.1 Å². The maximum absolute atomic E-state index is 12.9. The Labute approximate surface area is 148 Å². The van der Waals surface area contributed by atoms with Crippen LogP contribution in [0.1, 0.15) is 30.4 Å². The first-order chi connectivity index (χ1) is 12.2. The highest BCUT2D eigenvalue weighted by molar-refractivity contribution is 5.82. The molecule has 2 saturated heterocycles. The molecule has 134 valence electrons. The monoisotopic (exact) mass is 343 g/mol. The fourth-order valence-corrected chi connectivity index (χ4v) is 3.79. The zero-order valence-corrected chi connectivity index (χ0v) is 14.9. The molecule has 0 saturated carbocycles. The van der Waals surface area contributed by atoms with Crippen molar-refractivity contribution in [3.8, 4) is 11.8 Å². The summed E-state index contributed by atoms with van der Waals surface area (Å²) in [5.74, 6) is 0.790. The van der Waals surface area contributed by atoms with Crippen LogP contribution in [-0.4, -0.2) is 61.7 Å². The summed E-state index contributed by atoms with van der Waals surface area (Å²) in [6.07, 6.45) is 2.99. The molecule has 25 heavy (non-hydrogen) atoms. The van der Waals surface area contributed by atoms with E-state index in [1.54, 1.807) is 14.2 Å². The molecule has 2 fully saturated rings. The van der Waals surface area contributed by atoms with E-state index in [4.69, 9.17) is 9.47 Å². The van der Waals surface area contributed by atoms with Crippen LogP contribution in [0.3, 0.4) is 0 Å². The number of hydrogen-bond donors (Lipinski definition) is 0. The van der Waals surface area contributed by atoms with E-state index < -0.39 is 0 Å². The topological polar surface area (TPSA) is 65.8 Å². The van der Waals surface area contributed by atoms with Crippen LogP contribution in [0.15, 0.2) is 18.2 Å². The molecular weight excluding hydrogens is 318 g/mol. The van der Waals surface area contributed by atoms with E-state index in [0.717, 1.165) is 44.5 Å². The van der Waals surface area contributed by atoms with Crippen molar-refractivity contribution >= 4 is 5.91 Å². The van der Waals surface area contributed by atoms with Crippen molar-refractivity contribution in [1.82, 2.24) is 9.80 Å². The largest absolute Gasteiger partial charge is 0.495 e. The summed E-state index contributed by atoms with van der Waals surface area (Å²) in [5.41, 5.74) is 1.53.